The van der Waals surface area contributed by atoms with Gasteiger partial charge in [-0.25, -0.2) is 0 Å². The Balaban J connectivity index is 1.91. The summed E-state index contributed by atoms with van der Waals surface area (Å²) in [7, 11) is 0. The summed E-state index contributed by atoms with van der Waals surface area (Å²) in [4.78, 5) is 2.02. The third kappa shape index (κ3) is 4.37. The van der Waals surface area contributed by atoms with Crippen LogP contribution in [0.4, 0.5) is 17.1 Å². The summed E-state index contributed by atoms with van der Waals surface area (Å²) in [5, 5.41) is 30.9. The van der Waals surface area contributed by atoms with Gasteiger partial charge in [0.1, 0.15) is 28.7 Å². The largest absolute Gasteiger partial charge is 0.508 e. The summed E-state index contributed by atoms with van der Waals surface area (Å²) in [6.07, 6.45) is 0. The molecule has 0 aliphatic carbocycles. The molecule has 0 saturated heterocycles. The molecule has 0 aromatic heterocycles. The molecule has 4 aromatic rings. The Kier molecular flexibility index (Phi) is 6.12. The first-order valence-electron chi connectivity index (χ1n) is 11.1. The highest BCUT2D eigenvalue weighted by atomic mass is 16.5. The fourth-order valence-electron chi connectivity index (χ4n) is 4.04. The molecular weight excluding hydrogens is 426 g/mol. The normalized spacial score (nSPS) is 10.9. The number of rotatable bonds is 5. The van der Waals surface area contributed by atoms with Crippen molar-refractivity contribution in [3.05, 3.63) is 94.5 Å². The van der Waals surface area contributed by atoms with Gasteiger partial charge < -0.3 is 25.0 Å². The quantitative estimate of drug-likeness (QED) is 0.289. The maximum absolute atomic E-state index is 10.4. The lowest BCUT2D eigenvalue weighted by molar-refractivity contribution is 0.448. The Bertz CT molecular complexity index is 1320. The van der Waals surface area contributed by atoms with E-state index in [2.05, 4.69) is 0 Å². The lowest BCUT2D eigenvalue weighted by atomic mass is 10.0. The first kappa shape index (κ1) is 23.1. The second-order valence-electron chi connectivity index (χ2n) is 8.65. The summed E-state index contributed by atoms with van der Waals surface area (Å²) in [5.41, 5.74) is 6.99. The van der Waals surface area contributed by atoms with Crippen molar-refractivity contribution in [2.75, 3.05) is 4.90 Å². The molecule has 0 unspecified atom stereocenters. The zero-order chi connectivity index (χ0) is 24.6. The number of phenolic OH excluding ortho intramolecular Hbond substituents is 3. The Morgan fingerprint density at radius 2 is 1.18 bits per heavy atom. The summed E-state index contributed by atoms with van der Waals surface area (Å²) in [6, 6.07) is 19.7. The number of benzene rings is 4. The zero-order valence-electron chi connectivity index (χ0n) is 20.0. The van der Waals surface area contributed by atoms with Crippen LogP contribution in [-0.4, -0.2) is 15.3 Å². The molecule has 0 aliphatic heterocycles. The van der Waals surface area contributed by atoms with Crippen LogP contribution < -0.4 is 9.64 Å². The molecule has 4 aromatic carbocycles. The van der Waals surface area contributed by atoms with Gasteiger partial charge in [-0.15, -0.1) is 0 Å². The maximum atomic E-state index is 10.4. The predicted octanol–water partition coefficient (Wildman–Crippen LogP) is 7.61. The molecule has 5 heteroatoms. The Hall–Kier alpha value is -4.12. The molecule has 4 rings (SSSR count). The lowest BCUT2D eigenvalue weighted by Crippen LogP contribution is -2.14. The van der Waals surface area contributed by atoms with Gasteiger partial charge in [-0.3, -0.25) is 0 Å². The summed E-state index contributed by atoms with van der Waals surface area (Å²) >= 11 is 0. The number of anilines is 3. The van der Waals surface area contributed by atoms with E-state index in [-0.39, 0.29) is 17.2 Å². The van der Waals surface area contributed by atoms with Crippen LogP contribution in [-0.2, 0) is 0 Å². The minimum absolute atomic E-state index is 0.167. The van der Waals surface area contributed by atoms with E-state index in [4.69, 9.17) is 4.74 Å². The van der Waals surface area contributed by atoms with Crippen molar-refractivity contribution in [3.63, 3.8) is 0 Å². The molecule has 0 spiro atoms. The summed E-state index contributed by atoms with van der Waals surface area (Å²) in [5.74, 6) is 1.67. The fourth-order valence-corrected chi connectivity index (χ4v) is 4.04. The molecule has 0 saturated carbocycles. The number of hydrogen-bond acceptors (Lipinski definition) is 5. The molecule has 0 amide bonds. The molecule has 3 N–H and O–H groups in total. The van der Waals surface area contributed by atoms with E-state index in [1.54, 1.807) is 43.3 Å². The van der Waals surface area contributed by atoms with Gasteiger partial charge in [0.2, 0.25) is 0 Å². The number of ether oxygens (including phenoxy) is 1. The van der Waals surface area contributed by atoms with Crippen LogP contribution >= 0.6 is 0 Å². The second kappa shape index (κ2) is 9.02. The van der Waals surface area contributed by atoms with Crippen molar-refractivity contribution in [1.82, 2.24) is 0 Å². The molecule has 174 valence electrons. The van der Waals surface area contributed by atoms with E-state index in [0.29, 0.717) is 17.1 Å². The molecule has 0 radical (unpaired) electrons. The van der Waals surface area contributed by atoms with Gasteiger partial charge >= 0.3 is 0 Å². The molecule has 0 atom stereocenters. The van der Waals surface area contributed by atoms with Crippen molar-refractivity contribution >= 4 is 17.1 Å². The van der Waals surface area contributed by atoms with Crippen LogP contribution in [0, 0.1) is 34.6 Å². The third-order valence-corrected chi connectivity index (χ3v) is 6.29. The first-order chi connectivity index (χ1) is 16.2. The van der Waals surface area contributed by atoms with Crippen LogP contribution in [0.1, 0.15) is 27.8 Å². The number of nitrogens with zero attached hydrogens (tertiary/aromatic N) is 1. The molecule has 5 nitrogen and oxygen atoms in total. The van der Waals surface area contributed by atoms with E-state index in [1.807, 2.05) is 62.9 Å². The van der Waals surface area contributed by atoms with E-state index in [0.717, 1.165) is 39.3 Å². The average Bonchev–Trinajstić information content (AvgIpc) is 2.78. The van der Waals surface area contributed by atoms with Gasteiger partial charge in [0.05, 0.1) is 11.4 Å². The molecule has 0 aliphatic rings. The first-order valence-corrected chi connectivity index (χ1v) is 11.1. The highest BCUT2D eigenvalue weighted by Gasteiger charge is 2.21. The monoisotopic (exact) mass is 455 g/mol. The van der Waals surface area contributed by atoms with Crippen LogP contribution in [0.3, 0.4) is 0 Å². The maximum Gasteiger partial charge on any atom is 0.134 e. The lowest BCUT2D eigenvalue weighted by Gasteiger charge is -2.30. The van der Waals surface area contributed by atoms with Crippen molar-refractivity contribution < 1.29 is 20.1 Å². The third-order valence-electron chi connectivity index (χ3n) is 6.29. The van der Waals surface area contributed by atoms with Crippen molar-refractivity contribution in [2.45, 2.75) is 34.6 Å². The van der Waals surface area contributed by atoms with Crippen molar-refractivity contribution in [1.29, 1.82) is 0 Å². The van der Waals surface area contributed by atoms with E-state index in [1.165, 1.54) is 0 Å². The van der Waals surface area contributed by atoms with Gasteiger partial charge in [0, 0.05) is 29.4 Å². The van der Waals surface area contributed by atoms with E-state index < -0.39 is 0 Å². The highest BCUT2D eigenvalue weighted by Crippen LogP contribution is 2.44. The zero-order valence-corrected chi connectivity index (χ0v) is 20.0. The molecule has 0 heterocycles. The number of phenols is 3. The van der Waals surface area contributed by atoms with Crippen LogP contribution in [0.2, 0.25) is 0 Å². The van der Waals surface area contributed by atoms with Gasteiger partial charge in [0.25, 0.3) is 0 Å². The minimum atomic E-state index is 0.167. The Morgan fingerprint density at radius 3 is 1.76 bits per heavy atom. The Labute approximate surface area is 200 Å². The van der Waals surface area contributed by atoms with Gasteiger partial charge in [0.15, 0.2) is 0 Å². The van der Waals surface area contributed by atoms with Crippen molar-refractivity contribution in [2.24, 2.45) is 0 Å². The van der Waals surface area contributed by atoms with E-state index in [9.17, 15) is 15.3 Å². The van der Waals surface area contributed by atoms with Crippen molar-refractivity contribution in [3.8, 4) is 28.7 Å². The van der Waals surface area contributed by atoms with Crippen LogP contribution in [0.25, 0.3) is 0 Å². The standard InChI is InChI=1S/C29H29NO4/c1-17-12-23(31)15-26(19(17)3)30(27-16-24(32)13-18(2)20(27)4)22-8-6-9-25(14-22)34-29-11-7-10-28(33)21(29)5/h6-16,31-33H,1-5H3. The second-order valence-corrected chi connectivity index (χ2v) is 8.65. The fraction of sp³-hybridized carbons (Fsp3) is 0.172. The van der Waals surface area contributed by atoms with Gasteiger partial charge in [-0.05, 0) is 93.3 Å². The van der Waals surface area contributed by atoms with Gasteiger partial charge in [-0.1, -0.05) is 12.1 Å². The predicted molar refractivity (Wildman–Crippen MR) is 136 cm³/mol. The number of aryl methyl sites for hydroxylation is 2. The molecule has 0 bridgehead atoms. The molecular formula is C29H29NO4. The van der Waals surface area contributed by atoms with E-state index >= 15 is 0 Å². The molecule has 0 fully saturated rings. The minimum Gasteiger partial charge on any atom is -0.508 e. The molecule has 34 heavy (non-hydrogen) atoms. The van der Waals surface area contributed by atoms with Crippen LogP contribution in [0.15, 0.2) is 66.7 Å². The highest BCUT2D eigenvalue weighted by molar-refractivity contribution is 5.83. The summed E-state index contributed by atoms with van der Waals surface area (Å²) < 4.78 is 6.12. The number of hydrogen-bond donors (Lipinski definition) is 3. The topological polar surface area (TPSA) is 73.2 Å². The SMILES string of the molecule is Cc1cc(O)cc(N(c2cccc(Oc3cccc(O)c3C)c2)c2cc(O)cc(C)c2C)c1C. The average molecular weight is 456 g/mol. The summed E-state index contributed by atoms with van der Waals surface area (Å²) in [6.45, 7) is 9.75. The van der Waals surface area contributed by atoms with Crippen LogP contribution in [0.5, 0.6) is 28.7 Å². The number of aromatic hydroxyl groups is 3. The smallest absolute Gasteiger partial charge is 0.134 e. The Morgan fingerprint density at radius 1 is 0.618 bits per heavy atom. The van der Waals surface area contributed by atoms with Gasteiger partial charge in [-0.2, -0.15) is 0 Å².